The van der Waals surface area contributed by atoms with E-state index in [0.29, 0.717) is 12.0 Å². The number of fused-ring (bicyclic) bond motifs is 3. The van der Waals surface area contributed by atoms with E-state index >= 15 is 0 Å². The van der Waals surface area contributed by atoms with Crippen LogP contribution in [0.3, 0.4) is 0 Å². The summed E-state index contributed by atoms with van der Waals surface area (Å²) in [5, 5.41) is 31.2. The van der Waals surface area contributed by atoms with E-state index in [1.165, 1.54) is 12.5 Å². The zero-order chi connectivity index (χ0) is 19.6. The smallest absolute Gasteiger partial charge is 0.310 e. The first-order chi connectivity index (χ1) is 12.7. The summed E-state index contributed by atoms with van der Waals surface area (Å²) in [6, 6.07) is 1.68. The van der Waals surface area contributed by atoms with Crippen LogP contribution in [-0.2, 0) is 19.1 Å². The Balaban J connectivity index is 1.79. The summed E-state index contributed by atoms with van der Waals surface area (Å²) in [6.45, 7) is 1.78. The summed E-state index contributed by atoms with van der Waals surface area (Å²) in [5.41, 5.74) is -2.33. The maximum atomic E-state index is 12.8. The maximum Gasteiger partial charge on any atom is 0.310 e. The highest BCUT2D eigenvalue weighted by Crippen LogP contribution is 2.61. The highest BCUT2D eigenvalue weighted by Gasteiger charge is 2.69. The fraction of sp³-hybridized carbons (Fsp3) is 0.632. The Morgan fingerprint density at radius 3 is 2.67 bits per heavy atom. The molecule has 146 valence electrons. The molecule has 1 aliphatic heterocycles. The first kappa shape index (κ1) is 18.2. The van der Waals surface area contributed by atoms with Gasteiger partial charge in [0.05, 0.1) is 30.5 Å². The topological polar surface area (TPSA) is 134 Å². The van der Waals surface area contributed by atoms with Gasteiger partial charge in [0.25, 0.3) is 0 Å². The van der Waals surface area contributed by atoms with Gasteiger partial charge in [-0.2, -0.15) is 0 Å². The Morgan fingerprint density at radius 1 is 1.30 bits per heavy atom. The van der Waals surface area contributed by atoms with E-state index in [-0.39, 0.29) is 19.3 Å². The van der Waals surface area contributed by atoms with Crippen LogP contribution < -0.4 is 0 Å². The summed E-state index contributed by atoms with van der Waals surface area (Å²) in [6.07, 6.45) is 1.26. The number of Topliss-reactive ketones (excluding diaryl/α,β-unsaturated/α-hetero) is 1. The maximum absolute atomic E-state index is 12.8. The van der Waals surface area contributed by atoms with Crippen LogP contribution in [0.25, 0.3) is 0 Å². The van der Waals surface area contributed by atoms with Crippen molar-refractivity contribution in [3.8, 4) is 0 Å². The Morgan fingerprint density at radius 2 is 2.04 bits per heavy atom. The molecule has 3 aliphatic rings. The minimum Gasteiger partial charge on any atom is -0.481 e. The number of hydrogen-bond acceptors (Lipinski definition) is 7. The van der Waals surface area contributed by atoms with Crippen LogP contribution in [0.1, 0.15) is 44.3 Å². The van der Waals surface area contributed by atoms with Gasteiger partial charge in [-0.25, -0.2) is 0 Å². The molecule has 2 saturated carbocycles. The summed E-state index contributed by atoms with van der Waals surface area (Å²) in [7, 11) is 0. The molecule has 0 spiro atoms. The van der Waals surface area contributed by atoms with Crippen molar-refractivity contribution in [1.82, 2.24) is 0 Å². The van der Waals surface area contributed by atoms with Crippen LogP contribution in [-0.4, -0.2) is 44.7 Å². The molecule has 8 nitrogen and oxygen atoms in total. The lowest BCUT2D eigenvalue weighted by Gasteiger charge is -2.59. The second kappa shape index (κ2) is 5.90. The van der Waals surface area contributed by atoms with Crippen molar-refractivity contribution < 1.29 is 38.9 Å². The normalized spacial score (nSPS) is 44.2. The van der Waals surface area contributed by atoms with Gasteiger partial charge in [-0.15, -0.1) is 0 Å². The number of rotatable bonds is 2. The van der Waals surface area contributed by atoms with Gasteiger partial charge in [0.15, 0.2) is 5.78 Å². The Labute approximate surface area is 155 Å². The minimum absolute atomic E-state index is 0.0599. The molecule has 1 aromatic heterocycles. The van der Waals surface area contributed by atoms with Gasteiger partial charge in [0.2, 0.25) is 0 Å². The third kappa shape index (κ3) is 2.46. The quantitative estimate of drug-likeness (QED) is 0.651. The van der Waals surface area contributed by atoms with E-state index in [4.69, 9.17) is 9.15 Å². The first-order valence-electron chi connectivity index (χ1n) is 9.07. The van der Waals surface area contributed by atoms with Crippen molar-refractivity contribution in [2.45, 2.75) is 50.4 Å². The van der Waals surface area contributed by atoms with Crippen molar-refractivity contribution in [3.05, 3.63) is 24.2 Å². The van der Waals surface area contributed by atoms with Gasteiger partial charge in [0, 0.05) is 17.9 Å². The predicted molar refractivity (Wildman–Crippen MR) is 88.2 cm³/mol. The Hall–Kier alpha value is -2.19. The van der Waals surface area contributed by atoms with E-state index in [9.17, 15) is 29.7 Å². The number of carbonyl (C=O) groups is 3. The number of cyclic esters (lactones) is 1. The summed E-state index contributed by atoms with van der Waals surface area (Å²) >= 11 is 0. The second-order valence-electron chi connectivity index (χ2n) is 8.27. The summed E-state index contributed by atoms with van der Waals surface area (Å²) in [5.74, 6) is -5.56. The molecule has 0 amide bonds. The monoisotopic (exact) mass is 378 g/mol. The zero-order valence-electron chi connectivity index (χ0n) is 14.8. The molecule has 0 radical (unpaired) electrons. The van der Waals surface area contributed by atoms with Crippen molar-refractivity contribution in [2.24, 2.45) is 23.2 Å². The molecule has 0 aromatic carbocycles. The van der Waals surface area contributed by atoms with Crippen LogP contribution in [0.15, 0.2) is 23.0 Å². The summed E-state index contributed by atoms with van der Waals surface area (Å²) in [4.78, 5) is 37.3. The van der Waals surface area contributed by atoms with Crippen LogP contribution >= 0.6 is 0 Å². The number of furan rings is 1. The van der Waals surface area contributed by atoms with E-state index in [1.54, 1.807) is 13.0 Å². The number of aliphatic hydroxyl groups is 2. The molecule has 2 heterocycles. The fourth-order valence-corrected chi connectivity index (χ4v) is 5.46. The molecule has 27 heavy (non-hydrogen) atoms. The van der Waals surface area contributed by atoms with Crippen molar-refractivity contribution in [3.63, 3.8) is 0 Å². The number of hydrogen-bond donors (Lipinski definition) is 3. The number of aliphatic hydroxyl groups excluding tert-OH is 1. The average molecular weight is 378 g/mol. The highest BCUT2D eigenvalue weighted by atomic mass is 16.5. The lowest BCUT2D eigenvalue weighted by molar-refractivity contribution is -0.227. The standard InChI is InChI=1S/C19H22O8/c1-18-7-13(9-2-3-26-8-9)27-17(24)12(18)6-15(21)19(25)11(16(22)23)4-10(20)5-14(18)19/h2-3,8,10-14,20,25H,4-7H2,1H3,(H,22,23)/t10?,11?,12-,13?,14-,18+,19-/m0/s1. The van der Waals surface area contributed by atoms with E-state index in [0.717, 1.165) is 0 Å². The van der Waals surface area contributed by atoms with Crippen molar-refractivity contribution >= 4 is 17.7 Å². The van der Waals surface area contributed by atoms with E-state index in [2.05, 4.69) is 0 Å². The molecule has 7 atom stereocenters. The minimum atomic E-state index is -2.10. The largest absolute Gasteiger partial charge is 0.481 e. The van der Waals surface area contributed by atoms with Crippen molar-refractivity contribution in [2.75, 3.05) is 0 Å². The van der Waals surface area contributed by atoms with Crippen LogP contribution in [0.5, 0.6) is 0 Å². The third-order valence-corrected chi connectivity index (χ3v) is 6.89. The lowest BCUT2D eigenvalue weighted by atomic mass is 9.46. The molecule has 1 aromatic rings. The third-order valence-electron chi connectivity index (χ3n) is 6.89. The molecule has 1 saturated heterocycles. The number of carboxylic acids is 1. The Kier molecular flexibility index (Phi) is 3.98. The predicted octanol–water partition coefficient (Wildman–Crippen LogP) is 1.07. The molecule has 4 rings (SSSR count). The van der Waals surface area contributed by atoms with Crippen molar-refractivity contribution in [1.29, 1.82) is 0 Å². The molecule has 8 heteroatoms. The van der Waals surface area contributed by atoms with Gasteiger partial charge in [-0.3, -0.25) is 14.4 Å². The first-order valence-corrected chi connectivity index (χ1v) is 9.07. The molecule has 2 aliphatic carbocycles. The molecule has 0 bridgehead atoms. The van der Waals surface area contributed by atoms with Gasteiger partial charge in [-0.05, 0) is 30.7 Å². The van der Waals surface area contributed by atoms with Gasteiger partial charge in [-0.1, -0.05) is 6.92 Å². The summed E-state index contributed by atoms with van der Waals surface area (Å²) < 4.78 is 10.6. The highest BCUT2D eigenvalue weighted by molar-refractivity contribution is 5.97. The molecule has 3 N–H and O–H groups in total. The van der Waals surface area contributed by atoms with Gasteiger partial charge < -0.3 is 24.5 Å². The SMILES string of the molecule is C[C@@]12CC(c3ccoc3)OC(=O)[C@@H]1CC(=O)[C@]1(O)C(C(=O)O)CC(O)C[C@@H]21. The number of carboxylic acid groups (broad SMARTS) is 1. The lowest BCUT2D eigenvalue weighted by Crippen LogP contribution is -2.69. The van der Waals surface area contributed by atoms with Crippen LogP contribution in [0.4, 0.5) is 0 Å². The average Bonchev–Trinajstić information content (AvgIpc) is 3.13. The fourth-order valence-electron chi connectivity index (χ4n) is 5.46. The van der Waals surface area contributed by atoms with E-state index in [1.807, 2.05) is 0 Å². The molecular weight excluding hydrogens is 356 g/mol. The second-order valence-corrected chi connectivity index (χ2v) is 8.27. The zero-order valence-corrected chi connectivity index (χ0v) is 14.8. The number of esters is 1. The van der Waals surface area contributed by atoms with Gasteiger partial charge >= 0.3 is 11.9 Å². The Bertz CT molecular complexity index is 786. The van der Waals surface area contributed by atoms with Crippen LogP contribution in [0, 0.1) is 23.2 Å². The number of ether oxygens (including phenoxy) is 1. The molecular formula is C19H22O8. The molecule has 3 unspecified atom stereocenters. The van der Waals surface area contributed by atoms with Gasteiger partial charge in [0.1, 0.15) is 11.7 Å². The number of ketones is 1. The number of aliphatic carboxylic acids is 1. The van der Waals surface area contributed by atoms with E-state index < -0.39 is 58.7 Å². The van der Waals surface area contributed by atoms with Crippen LogP contribution in [0.2, 0.25) is 0 Å². The molecule has 3 fully saturated rings. The number of carbonyl (C=O) groups excluding carboxylic acids is 2.